The second-order valence-corrected chi connectivity index (χ2v) is 8.28. The molecule has 4 aromatic heterocycles. The van der Waals surface area contributed by atoms with E-state index >= 15 is 0 Å². The molecule has 1 aliphatic heterocycles. The van der Waals surface area contributed by atoms with Gasteiger partial charge >= 0.3 is 6.03 Å². The first-order chi connectivity index (χ1) is 15.9. The third-order valence-electron chi connectivity index (χ3n) is 6.00. The Morgan fingerprint density at radius 3 is 2.82 bits per heavy atom. The van der Waals surface area contributed by atoms with Crippen LogP contribution in [0, 0.1) is 6.92 Å². The summed E-state index contributed by atoms with van der Waals surface area (Å²) >= 11 is 0. The highest BCUT2D eigenvalue weighted by Gasteiger charge is 2.38. The van der Waals surface area contributed by atoms with Crippen molar-refractivity contribution in [3.8, 4) is 22.5 Å². The van der Waals surface area contributed by atoms with Gasteiger partial charge in [0.25, 0.3) is 0 Å². The van der Waals surface area contributed by atoms with E-state index in [2.05, 4.69) is 21.5 Å². The van der Waals surface area contributed by atoms with Gasteiger partial charge in [-0.05, 0) is 30.7 Å². The van der Waals surface area contributed by atoms with E-state index in [1.165, 1.54) is 0 Å². The highest BCUT2D eigenvalue weighted by atomic mass is 16.5. The molecule has 0 saturated carbocycles. The fourth-order valence-corrected chi connectivity index (χ4v) is 4.33. The lowest BCUT2D eigenvalue weighted by Crippen LogP contribution is -2.30. The molecule has 1 aliphatic rings. The number of anilines is 1. The molecule has 33 heavy (non-hydrogen) atoms. The molecule has 2 amide bonds. The molecule has 0 bridgehead atoms. The molecule has 1 fully saturated rings. The molecule has 5 heterocycles. The maximum Gasteiger partial charge on any atom is 0.317 e. The van der Waals surface area contributed by atoms with Gasteiger partial charge in [0.05, 0.1) is 35.4 Å². The summed E-state index contributed by atoms with van der Waals surface area (Å²) in [7, 11) is 3.57. The number of ether oxygens (including phenoxy) is 2. The van der Waals surface area contributed by atoms with E-state index in [0.717, 1.165) is 45.7 Å². The number of hydrogen-bond donors (Lipinski definition) is 2. The fraction of sp³-hybridized carbons (Fsp3) is 0.304. The number of fused-ring (bicyclic) bond motifs is 1. The summed E-state index contributed by atoms with van der Waals surface area (Å²) < 4.78 is 15.2. The Balaban J connectivity index is 1.72. The predicted molar refractivity (Wildman–Crippen MR) is 123 cm³/mol. The van der Waals surface area contributed by atoms with Gasteiger partial charge in [0.2, 0.25) is 0 Å². The van der Waals surface area contributed by atoms with Gasteiger partial charge in [0, 0.05) is 50.6 Å². The molecule has 10 heteroatoms. The molecular weight excluding hydrogens is 422 g/mol. The van der Waals surface area contributed by atoms with Crippen molar-refractivity contribution in [2.24, 2.45) is 12.8 Å². The third-order valence-corrected chi connectivity index (χ3v) is 6.00. The average molecular weight is 447 g/mol. The molecule has 4 aromatic rings. The van der Waals surface area contributed by atoms with Crippen molar-refractivity contribution in [1.82, 2.24) is 24.1 Å². The summed E-state index contributed by atoms with van der Waals surface area (Å²) in [6, 6.07) is 7.25. The minimum atomic E-state index is -0.674. The predicted octanol–water partition coefficient (Wildman–Crippen LogP) is 2.86. The molecule has 1 atom stereocenters. The largest absolute Gasteiger partial charge is 0.378 e. The second kappa shape index (κ2) is 7.98. The lowest BCUT2D eigenvalue weighted by atomic mass is 9.95. The van der Waals surface area contributed by atoms with Gasteiger partial charge in [0.15, 0.2) is 0 Å². The van der Waals surface area contributed by atoms with Gasteiger partial charge in [-0.3, -0.25) is 14.4 Å². The maximum absolute atomic E-state index is 11.4. The number of methoxy groups -OCH3 is 1. The van der Waals surface area contributed by atoms with E-state index in [-0.39, 0.29) is 0 Å². The number of carbonyl (C=O) groups excluding carboxylic acids is 1. The number of nitrogens with two attached hydrogens (primary N) is 1. The van der Waals surface area contributed by atoms with Gasteiger partial charge in [0.1, 0.15) is 17.7 Å². The van der Waals surface area contributed by atoms with E-state index in [9.17, 15) is 4.79 Å². The standard InChI is InChI=1S/C23H25N7O3/c1-14-6-17(27-20(7-14)23(32-3)4-5-33-12-23)16-8-18(15-10-26-29(2)11-15)30-13-25-21(9-19(16)30)28-22(24)31/h6-11,13H,4-5,12H2,1-3H3,(H3,24,28,31)/t23-/m0/s1. The van der Waals surface area contributed by atoms with Crippen LogP contribution < -0.4 is 11.1 Å². The second-order valence-electron chi connectivity index (χ2n) is 8.28. The van der Waals surface area contributed by atoms with E-state index < -0.39 is 11.6 Å². The number of aryl methyl sites for hydroxylation is 2. The first-order valence-corrected chi connectivity index (χ1v) is 10.6. The summed E-state index contributed by atoms with van der Waals surface area (Å²) in [4.78, 5) is 20.8. The molecule has 3 N–H and O–H groups in total. The minimum Gasteiger partial charge on any atom is -0.378 e. The number of aromatic nitrogens is 5. The third kappa shape index (κ3) is 3.73. The number of nitrogens with zero attached hydrogens (tertiary/aromatic N) is 5. The smallest absolute Gasteiger partial charge is 0.317 e. The normalized spacial score (nSPS) is 18.2. The van der Waals surface area contributed by atoms with Crippen LogP contribution in [0.2, 0.25) is 0 Å². The van der Waals surface area contributed by atoms with E-state index in [0.29, 0.717) is 19.0 Å². The zero-order valence-electron chi connectivity index (χ0n) is 18.7. The summed E-state index contributed by atoms with van der Waals surface area (Å²) in [5.41, 5.74) is 11.0. The quantitative estimate of drug-likeness (QED) is 0.485. The Bertz CT molecular complexity index is 1350. The molecule has 1 saturated heterocycles. The minimum absolute atomic E-state index is 0.359. The number of rotatable bonds is 5. The number of hydrogen-bond acceptors (Lipinski definition) is 6. The number of amides is 2. The molecular formula is C23H25N7O3. The Labute approximate surface area is 190 Å². The van der Waals surface area contributed by atoms with Crippen molar-refractivity contribution in [3.05, 3.63) is 54.2 Å². The van der Waals surface area contributed by atoms with Crippen LogP contribution in [-0.4, -0.2) is 50.5 Å². The van der Waals surface area contributed by atoms with Crippen LogP contribution in [0.1, 0.15) is 17.7 Å². The van der Waals surface area contributed by atoms with Crippen molar-refractivity contribution in [2.45, 2.75) is 18.9 Å². The van der Waals surface area contributed by atoms with Crippen molar-refractivity contribution < 1.29 is 14.3 Å². The zero-order valence-corrected chi connectivity index (χ0v) is 18.7. The Morgan fingerprint density at radius 2 is 2.15 bits per heavy atom. The van der Waals surface area contributed by atoms with Crippen LogP contribution in [0.15, 0.2) is 43.0 Å². The van der Waals surface area contributed by atoms with Crippen molar-refractivity contribution in [3.63, 3.8) is 0 Å². The number of pyridine rings is 1. The van der Waals surface area contributed by atoms with Crippen molar-refractivity contribution in [2.75, 3.05) is 25.6 Å². The SMILES string of the molecule is CO[C@@]1(c2cc(C)cc(-c3cc(-c4cnn(C)c4)n4cnc(NC(N)=O)cc34)n2)CCOC1. The average Bonchev–Trinajstić information content (AvgIpc) is 3.51. The number of urea groups is 1. The molecule has 0 spiro atoms. The van der Waals surface area contributed by atoms with Gasteiger partial charge < -0.3 is 15.2 Å². The van der Waals surface area contributed by atoms with Crippen LogP contribution in [0.3, 0.4) is 0 Å². The van der Waals surface area contributed by atoms with Gasteiger partial charge in [-0.1, -0.05) is 0 Å². The van der Waals surface area contributed by atoms with Crippen LogP contribution in [0.4, 0.5) is 10.6 Å². The highest BCUT2D eigenvalue weighted by molar-refractivity contribution is 5.90. The highest BCUT2D eigenvalue weighted by Crippen LogP contribution is 2.37. The first-order valence-electron chi connectivity index (χ1n) is 10.6. The van der Waals surface area contributed by atoms with Gasteiger partial charge in [-0.15, -0.1) is 0 Å². The van der Waals surface area contributed by atoms with Crippen molar-refractivity contribution in [1.29, 1.82) is 0 Å². The number of nitrogens with one attached hydrogen (secondary N) is 1. The van der Waals surface area contributed by atoms with Crippen LogP contribution in [0.25, 0.3) is 28.0 Å². The summed E-state index contributed by atoms with van der Waals surface area (Å²) in [6.45, 7) is 3.14. The lowest BCUT2D eigenvalue weighted by molar-refractivity contribution is -0.0245. The summed E-state index contributed by atoms with van der Waals surface area (Å²) in [5, 5.41) is 6.86. The van der Waals surface area contributed by atoms with Crippen molar-refractivity contribution >= 4 is 17.4 Å². The molecule has 170 valence electrons. The van der Waals surface area contributed by atoms with Crippen LogP contribution in [0.5, 0.6) is 0 Å². The Hall–Kier alpha value is -3.76. The summed E-state index contributed by atoms with van der Waals surface area (Å²) in [5.74, 6) is 0.359. The van der Waals surface area contributed by atoms with Gasteiger partial charge in [-0.2, -0.15) is 5.10 Å². The Kier molecular flexibility index (Phi) is 5.10. The monoisotopic (exact) mass is 447 g/mol. The number of carbonyl (C=O) groups is 1. The lowest BCUT2D eigenvalue weighted by Gasteiger charge is -2.26. The molecule has 10 nitrogen and oxygen atoms in total. The molecule has 0 aliphatic carbocycles. The van der Waals surface area contributed by atoms with E-state index in [1.54, 1.807) is 30.4 Å². The fourth-order valence-electron chi connectivity index (χ4n) is 4.33. The van der Waals surface area contributed by atoms with E-state index in [1.807, 2.05) is 36.7 Å². The molecule has 5 rings (SSSR count). The molecule has 0 unspecified atom stereocenters. The van der Waals surface area contributed by atoms with Crippen LogP contribution in [-0.2, 0) is 22.1 Å². The topological polar surface area (TPSA) is 122 Å². The first kappa shape index (κ1) is 21.1. The summed E-state index contributed by atoms with van der Waals surface area (Å²) in [6.07, 6.45) is 6.13. The zero-order chi connectivity index (χ0) is 23.2. The number of primary amides is 1. The van der Waals surface area contributed by atoms with E-state index in [4.69, 9.17) is 20.2 Å². The molecule has 0 radical (unpaired) electrons. The maximum atomic E-state index is 11.4. The van der Waals surface area contributed by atoms with Crippen LogP contribution >= 0.6 is 0 Å². The Morgan fingerprint density at radius 1 is 1.30 bits per heavy atom. The molecule has 0 aromatic carbocycles. The van der Waals surface area contributed by atoms with Gasteiger partial charge in [-0.25, -0.2) is 14.8 Å².